The molecule has 0 spiro atoms. The van der Waals surface area contributed by atoms with Crippen molar-refractivity contribution in [3.8, 4) is 0 Å². The second-order valence-corrected chi connectivity index (χ2v) is 4.70. The molecule has 0 aliphatic carbocycles. The Balaban J connectivity index is 2.21. The van der Waals surface area contributed by atoms with Gasteiger partial charge in [0, 0.05) is 12.1 Å². The largest absolute Gasteiger partial charge is 0.326 e. The lowest BCUT2D eigenvalue weighted by atomic mass is 9.99. The van der Waals surface area contributed by atoms with Crippen LogP contribution < -0.4 is 5.32 Å². The van der Waals surface area contributed by atoms with E-state index >= 15 is 0 Å². The predicted molar refractivity (Wildman–Crippen MR) is 73.0 cm³/mol. The highest BCUT2D eigenvalue weighted by Crippen LogP contribution is 2.14. The number of rotatable bonds is 7. The third-order valence-electron chi connectivity index (χ3n) is 2.97. The lowest BCUT2D eigenvalue weighted by molar-refractivity contribution is -0.116. The Kier molecular flexibility index (Phi) is 6.38. The number of carbonyl (C=O) groups excluding carboxylic acids is 1. The van der Waals surface area contributed by atoms with Crippen LogP contribution in [0.1, 0.15) is 46.0 Å². The fraction of sp³-hybridized carbons (Fsp3) is 0.533. The molecule has 17 heavy (non-hydrogen) atoms. The van der Waals surface area contributed by atoms with Gasteiger partial charge in [-0.05, 0) is 24.5 Å². The van der Waals surface area contributed by atoms with Crippen LogP contribution in [0.25, 0.3) is 0 Å². The molecule has 1 unspecified atom stereocenters. The van der Waals surface area contributed by atoms with Gasteiger partial charge >= 0.3 is 0 Å². The van der Waals surface area contributed by atoms with E-state index in [-0.39, 0.29) is 5.91 Å². The summed E-state index contributed by atoms with van der Waals surface area (Å²) in [5, 5.41) is 2.91. The number of unbranched alkanes of at least 4 members (excludes halogenated alkanes) is 1. The Hall–Kier alpha value is -1.31. The van der Waals surface area contributed by atoms with Crippen molar-refractivity contribution in [1.29, 1.82) is 0 Å². The normalized spacial score (nSPS) is 12.1. The Morgan fingerprint density at radius 3 is 2.59 bits per heavy atom. The number of hydrogen-bond donors (Lipinski definition) is 1. The van der Waals surface area contributed by atoms with Crippen LogP contribution in [-0.4, -0.2) is 5.91 Å². The van der Waals surface area contributed by atoms with E-state index in [0.717, 1.165) is 12.1 Å². The number of carbonyl (C=O) groups is 1. The van der Waals surface area contributed by atoms with E-state index in [4.69, 9.17) is 0 Å². The fourth-order valence-electron chi connectivity index (χ4n) is 1.82. The molecule has 94 valence electrons. The number of nitrogens with one attached hydrogen (secondary N) is 1. The predicted octanol–water partition coefficient (Wildman–Crippen LogP) is 4.23. The molecule has 1 aromatic rings. The van der Waals surface area contributed by atoms with E-state index in [1.807, 2.05) is 30.3 Å². The van der Waals surface area contributed by atoms with Crippen LogP contribution in [-0.2, 0) is 4.79 Å². The van der Waals surface area contributed by atoms with E-state index in [1.165, 1.54) is 19.3 Å². The minimum Gasteiger partial charge on any atom is -0.326 e. The van der Waals surface area contributed by atoms with Crippen LogP contribution in [0.5, 0.6) is 0 Å². The quantitative estimate of drug-likeness (QED) is 0.750. The standard InChI is InChI=1S/C15H23NO/c1-3-4-8-13(2)11-12-15(17)16-14-9-6-5-7-10-14/h5-7,9-10,13H,3-4,8,11-12H2,1-2H3,(H,16,17). The number of hydrogen-bond acceptors (Lipinski definition) is 1. The number of para-hydroxylation sites is 1. The highest BCUT2D eigenvalue weighted by atomic mass is 16.1. The number of benzene rings is 1. The summed E-state index contributed by atoms with van der Waals surface area (Å²) in [6, 6.07) is 9.64. The first-order valence-electron chi connectivity index (χ1n) is 6.57. The zero-order chi connectivity index (χ0) is 12.5. The average Bonchev–Trinajstić information content (AvgIpc) is 2.35. The summed E-state index contributed by atoms with van der Waals surface area (Å²) in [5.74, 6) is 0.774. The molecule has 2 heteroatoms. The highest BCUT2D eigenvalue weighted by Gasteiger charge is 2.06. The van der Waals surface area contributed by atoms with Gasteiger partial charge in [-0.15, -0.1) is 0 Å². The molecule has 1 N–H and O–H groups in total. The van der Waals surface area contributed by atoms with Crippen LogP contribution in [0.3, 0.4) is 0 Å². The molecule has 0 aliphatic rings. The van der Waals surface area contributed by atoms with Crippen LogP contribution in [0.4, 0.5) is 5.69 Å². The van der Waals surface area contributed by atoms with Crippen molar-refractivity contribution in [3.05, 3.63) is 30.3 Å². The number of anilines is 1. The zero-order valence-corrected chi connectivity index (χ0v) is 10.9. The van der Waals surface area contributed by atoms with Crippen LogP contribution in [0, 0.1) is 5.92 Å². The van der Waals surface area contributed by atoms with Crippen molar-refractivity contribution in [2.75, 3.05) is 5.32 Å². The van der Waals surface area contributed by atoms with E-state index in [1.54, 1.807) is 0 Å². The molecule has 1 rings (SSSR count). The zero-order valence-electron chi connectivity index (χ0n) is 10.9. The van der Waals surface area contributed by atoms with Gasteiger partial charge in [-0.3, -0.25) is 4.79 Å². The molecule has 1 atom stereocenters. The molecular weight excluding hydrogens is 210 g/mol. The molecule has 0 bridgehead atoms. The second-order valence-electron chi connectivity index (χ2n) is 4.70. The minimum absolute atomic E-state index is 0.125. The van der Waals surface area contributed by atoms with E-state index in [2.05, 4.69) is 19.2 Å². The van der Waals surface area contributed by atoms with E-state index in [9.17, 15) is 4.79 Å². The van der Waals surface area contributed by atoms with E-state index < -0.39 is 0 Å². The van der Waals surface area contributed by atoms with Gasteiger partial charge in [-0.2, -0.15) is 0 Å². The van der Waals surface area contributed by atoms with Crippen LogP contribution in [0.2, 0.25) is 0 Å². The third-order valence-corrected chi connectivity index (χ3v) is 2.97. The summed E-state index contributed by atoms with van der Waals surface area (Å²) in [5.41, 5.74) is 0.888. The van der Waals surface area contributed by atoms with Crippen LogP contribution >= 0.6 is 0 Å². The first-order chi connectivity index (χ1) is 8.22. The van der Waals surface area contributed by atoms with Gasteiger partial charge in [-0.1, -0.05) is 51.3 Å². The van der Waals surface area contributed by atoms with Gasteiger partial charge in [-0.25, -0.2) is 0 Å². The monoisotopic (exact) mass is 233 g/mol. The first-order valence-corrected chi connectivity index (χ1v) is 6.57. The number of amides is 1. The molecular formula is C15H23NO. The fourth-order valence-corrected chi connectivity index (χ4v) is 1.82. The molecule has 0 saturated carbocycles. The molecule has 0 aliphatic heterocycles. The second kappa shape index (κ2) is 7.88. The smallest absolute Gasteiger partial charge is 0.224 e. The van der Waals surface area contributed by atoms with Crippen molar-refractivity contribution >= 4 is 11.6 Å². The molecule has 0 heterocycles. The van der Waals surface area contributed by atoms with E-state index in [0.29, 0.717) is 12.3 Å². The Labute approximate surface area is 104 Å². The molecule has 0 saturated heterocycles. The van der Waals surface area contributed by atoms with Gasteiger partial charge < -0.3 is 5.32 Å². The van der Waals surface area contributed by atoms with Gasteiger partial charge in [0.1, 0.15) is 0 Å². The Morgan fingerprint density at radius 2 is 1.94 bits per heavy atom. The Morgan fingerprint density at radius 1 is 1.24 bits per heavy atom. The summed E-state index contributed by atoms with van der Waals surface area (Å²) in [6.07, 6.45) is 5.34. The maximum Gasteiger partial charge on any atom is 0.224 e. The SMILES string of the molecule is CCCCC(C)CCC(=O)Nc1ccccc1. The third kappa shape index (κ3) is 6.10. The molecule has 1 amide bonds. The maximum absolute atomic E-state index is 11.7. The summed E-state index contributed by atoms with van der Waals surface area (Å²) < 4.78 is 0. The summed E-state index contributed by atoms with van der Waals surface area (Å²) in [7, 11) is 0. The molecule has 0 radical (unpaired) electrons. The maximum atomic E-state index is 11.7. The average molecular weight is 233 g/mol. The van der Waals surface area contributed by atoms with Gasteiger partial charge in [0.15, 0.2) is 0 Å². The topological polar surface area (TPSA) is 29.1 Å². The van der Waals surface area contributed by atoms with Crippen molar-refractivity contribution in [2.24, 2.45) is 5.92 Å². The van der Waals surface area contributed by atoms with Gasteiger partial charge in [0.05, 0.1) is 0 Å². The van der Waals surface area contributed by atoms with Crippen molar-refractivity contribution in [3.63, 3.8) is 0 Å². The molecule has 2 nitrogen and oxygen atoms in total. The van der Waals surface area contributed by atoms with Crippen molar-refractivity contribution in [2.45, 2.75) is 46.0 Å². The molecule has 0 fully saturated rings. The van der Waals surface area contributed by atoms with Crippen LogP contribution in [0.15, 0.2) is 30.3 Å². The first kappa shape index (κ1) is 13.8. The highest BCUT2D eigenvalue weighted by molar-refractivity contribution is 5.90. The summed E-state index contributed by atoms with van der Waals surface area (Å²) in [4.78, 5) is 11.7. The summed E-state index contributed by atoms with van der Waals surface area (Å²) >= 11 is 0. The minimum atomic E-state index is 0.125. The van der Waals surface area contributed by atoms with Crippen molar-refractivity contribution in [1.82, 2.24) is 0 Å². The lowest BCUT2D eigenvalue weighted by Gasteiger charge is -2.10. The molecule has 1 aromatic carbocycles. The Bertz CT molecular complexity index is 321. The summed E-state index contributed by atoms with van der Waals surface area (Å²) in [6.45, 7) is 4.43. The lowest BCUT2D eigenvalue weighted by Crippen LogP contribution is -2.12. The van der Waals surface area contributed by atoms with Gasteiger partial charge in [0.2, 0.25) is 5.91 Å². The molecule has 0 aromatic heterocycles. The van der Waals surface area contributed by atoms with Crippen molar-refractivity contribution < 1.29 is 4.79 Å². The van der Waals surface area contributed by atoms with Gasteiger partial charge in [0.25, 0.3) is 0 Å².